The molecule has 8 nitrogen and oxygen atoms in total. The summed E-state index contributed by atoms with van der Waals surface area (Å²) in [6.07, 6.45) is 6.59. The third-order valence-electron chi connectivity index (χ3n) is 5.87. The van der Waals surface area contributed by atoms with E-state index in [1.165, 1.54) is 23.3 Å². The maximum absolute atomic E-state index is 12.9. The molecule has 0 bridgehead atoms. The van der Waals surface area contributed by atoms with Gasteiger partial charge >= 0.3 is 0 Å². The molecule has 2 amide bonds. The van der Waals surface area contributed by atoms with Crippen LogP contribution in [0.2, 0.25) is 0 Å². The number of nitrogens with one attached hydrogen (secondary N) is 1. The molecule has 1 N–H and O–H groups in total. The first-order valence-corrected chi connectivity index (χ1v) is 12.2. The molecular formula is C22H27N3O5S. The van der Waals surface area contributed by atoms with Crippen LogP contribution in [0.3, 0.4) is 0 Å². The van der Waals surface area contributed by atoms with E-state index < -0.39 is 16.1 Å². The van der Waals surface area contributed by atoms with Crippen molar-refractivity contribution in [3.05, 3.63) is 48.4 Å². The lowest BCUT2D eigenvalue weighted by Crippen LogP contribution is -2.43. The Morgan fingerprint density at radius 3 is 2.29 bits per heavy atom. The molecule has 1 aromatic heterocycles. The fraction of sp³-hybridized carbons (Fsp3) is 0.455. The Bertz CT molecular complexity index is 1010. The highest BCUT2D eigenvalue weighted by atomic mass is 32.2. The van der Waals surface area contributed by atoms with Crippen molar-refractivity contribution >= 4 is 27.5 Å². The van der Waals surface area contributed by atoms with Crippen molar-refractivity contribution in [1.29, 1.82) is 0 Å². The van der Waals surface area contributed by atoms with Crippen LogP contribution in [0.1, 0.15) is 49.1 Å². The summed E-state index contributed by atoms with van der Waals surface area (Å²) in [5.41, 5.74) is 0.497. The van der Waals surface area contributed by atoms with Gasteiger partial charge in [0.25, 0.3) is 5.91 Å². The second-order valence-corrected chi connectivity index (χ2v) is 9.90. The Morgan fingerprint density at radius 2 is 1.65 bits per heavy atom. The molecule has 2 fully saturated rings. The molecule has 0 unspecified atom stereocenters. The number of likely N-dealkylation sites (tertiary alicyclic amines) is 1. The number of carbonyl (C=O) groups excluding carboxylic acids is 2. The molecule has 2 aromatic rings. The molecule has 4 rings (SSSR count). The maximum atomic E-state index is 12.9. The highest BCUT2D eigenvalue weighted by Gasteiger charge is 2.35. The number of hydrogen-bond acceptors (Lipinski definition) is 5. The van der Waals surface area contributed by atoms with E-state index in [1.54, 1.807) is 28.6 Å². The third kappa shape index (κ3) is 4.67. The van der Waals surface area contributed by atoms with E-state index in [-0.39, 0.29) is 22.5 Å². The molecular weight excluding hydrogens is 418 g/mol. The number of rotatable bonds is 5. The van der Waals surface area contributed by atoms with Gasteiger partial charge in [-0.15, -0.1) is 0 Å². The van der Waals surface area contributed by atoms with E-state index in [0.717, 1.165) is 32.1 Å². The largest absolute Gasteiger partial charge is 0.459 e. The standard InChI is InChI=1S/C22H27N3O5S/c26-21(19-7-5-15-25(19)22(27)20-8-6-16-30-20)23-17-9-11-18(12-10-17)31(28,29)24-13-3-1-2-4-14-24/h6,8-12,16,19H,1-5,7,13-15H2,(H,23,26)/t19-/m0/s1. The van der Waals surface area contributed by atoms with Crippen molar-refractivity contribution in [1.82, 2.24) is 9.21 Å². The minimum atomic E-state index is -3.53. The van der Waals surface area contributed by atoms with Crippen LogP contribution in [0.5, 0.6) is 0 Å². The lowest BCUT2D eigenvalue weighted by molar-refractivity contribution is -0.119. The van der Waals surface area contributed by atoms with Crippen LogP contribution in [-0.2, 0) is 14.8 Å². The number of anilines is 1. The van der Waals surface area contributed by atoms with E-state index in [9.17, 15) is 18.0 Å². The number of carbonyl (C=O) groups is 2. The summed E-state index contributed by atoms with van der Waals surface area (Å²) in [7, 11) is -3.53. The summed E-state index contributed by atoms with van der Waals surface area (Å²) in [6, 6.07) is 8.87. The molecule has 166 valence electrons. The number of hydrogen-bond donors (Lipinski definition) is 1. The summed E-state index contributed by atoms with van der Waals surface area (Å²) in [5.74, 6) is -0.384. The summed E-state index contributed by atoms with van der Waals surface area (Å²) < 4.78 is 32.5. The summed E-state index contributed by atoms with van der Waals surface area (Å²) in [5, 5.41) is 2.81. The minimum Gasteiger partial charge on any atom is -0.459 e. The van der Waals surface area contributed by atoms with Gasteiger partial charge in [-0.3, -0.25) is 9.59 Å². The second kappa shape index (κ2) is 9.23. The molecule has 9 heteroatoms. The van der Waals surface area contributed by atoms with Gasteiger partial charge < -0.3 is 14.6 Å². The Kier molecular flexibility index (Phi) is 6.43. The Labute approximate surface area is 182 Å². The van der Waals surface area contributed by atoms with Crippen molar-refractivity contribution in [2.45, 2.75) is 49.5 Å². The van der Waals surface area contributed by atoms with Crippen LogP contribution in [0.15, 0.2) is 52.0 Å². The van der Waals surface area contributed by atoms with Crippen LogP contribution in [0, 0.1) is 0 Å². The third-order valence-corrected chi connectivity index (χ3v) is 7.79. The van der Waals surface area contributed by atoms with Gasteiger partial charge in [-0.1, -0.05) is 12.8 Å². The average molecular weight is 446 g/mol. The molecule has 2 saturated heterocycles. The Morgan fingerprint density at radius 1 is 0.935 bits per heavy atom. The van der Waals surface area contributed by atoms with Crippen molar-refractivity contribution < 1.29 is 22.4 Å². The zero-order valence-electron chi connectivity index (χ0n) is 17.3. The monoisotopic (exact) mass is 445 g/mol. The van der Waals surface area contributed by atoms with Crippen molar-refractivity contribution in [2.75, 3.05) is 25.0 Å². The quantitative estimate of drug-likeness (QED) is 0.762. The number of benzene rings is 1. The summed E-state index contributed by atoms with van der Waals surface area (Å²) in [4.78, 5) is 27.1. The summed E-state index contributed by atoms with van der Waals surface area (Å²) in [6.45, 7) is 1.58. The lowest BCUT2D eigenvalue weighted by Gasteiger charge is -2.23. The molecule has 2 aliphatic heterocycles. The molecule has 0 radical (unpaired) electrons. The first-order valence-electron chi connectivity index (χ1n) is 10.7. The van der Waals surface area contributed by atoms with E-state index in [1.807, 2.05) is 0 Å². The molecule has 1 atom stereocenters. The van der Waals surface area contributed by atoms with Crippen LogP contribution < -0.4 is 5.32 Å². The molecule has 0 saturated carbocycles. The molecule has 31 heavy (non-hydrogen) atoms. The van der Waals surface area contributed by atoms with Crippen LogP contribution >= 0.6 is 0 Å². The van der Waals surface area contributed by atoms with Gasteiger partial charge in [0.05, 0.1) is 11.2 Å². The maximum Gasteiger partial charge on any atom is 0.290 e. The topological polar surface area (TPSA) is 99.9 Å². The van der Waals surface area contributed by atoms with E-state index in [0.29, 0.717) is 31.7 Å². The van der Waals surface area contributed by atoms with Gasteiger partial charge in [0, 0.05) is 25.3 Å². The van der Waals surface area contributed by atoms with E-state index in [2.05, 4.69) is 5.32 Å². The first-order chi connectivity index (χ1) is 15.0. The van der Waals surface area contributed by atoms with Crippen molar-refractivity contribution in [2.24, 2.45) is 0 Å². The molecule has 3 heterocycles. The van der Waals surface area contributed by atoms with E-state index in [4.69, 9.17) is 4.42 Å². The average Bonchev–Trinajstić information content (AvgIpc) is 3.41. The number of furan rings is 1. The highest BCUT2D eigenvalue weighted by Crippen LogP contribution is 2.24. The minimum absolute atomic E-state index is 0.211. The number of amides is 2. The van der Waals surface area contributed by atoms with Crippen LogP contribution in [0.25, 0.3) is 0 Å². The van der Waals surface area contributed by atoms with Crippen molar-refractivity contribution in [3.63, 3.8) is 0 Å². The van der Waals surface area contributed by atoms with E-state index >= 15 is 0 Å². The summed E-state index contributed by atoms with van der Waals surface area (Å²) >= 11 is 0. The smallest absolute Gasteiger partial charge is 0.290 e. The van der Waals surface area contributed by atoms with Gasteiger partial charge in [-0.25, -0.2) is 8.42 Å². The first kappa shape index (κ1) is 21.6. The molecule has 0 aliphatic carbocycles. The number of nitrogens with zero attached hydrogens (tertiary/aromatic N) is 2. The number of sulfonamides is 1. The zero-order chi connectivity index (χ0) is 21.8. The van der Waals surface area contributed by atoms with Crippen LogP contribution in [-0.4, -0.2) is 55.1 Å². The normalized spacial score (nSPS) is 20.4. The fourth-order valence-electron chi connectivity index (χ4n) is 4.19. The molecule has 1 aromatic carbocycles. The highest BCUT2D eigenvalue weighted by molar-refractivity contribution is 7.89. The Balaban J connectivity index is 1.42. The van der Waals surface area contributed by atoms with Gasteiger partial charge in [0.1, 0.15) is 6.04 Å². The SMILES string of the molecule is O=C(Nc1ccc(S(=O)(=O)N2CCCCCC2)cc1)[C@@H]1CCCN1C(=O)c1ccco1. The van der Waals surface area contributed by atoms with Gasteiger partial charge in [-0.05, 0) is 62.1 Å². The molecule has 0 spiro atoms. The Hall–Kier alpha value is -2.65. The van der Waals surface area contributed by atoms with Crippen molar-refractivity contribution in [3.8, 4) is 0 Å². The predicted molar refractivity (Wildman–Crippen MR) is 115 cm³/mol. The molecule has 2 aliphatic rings. The van der Waals surface area contributed by atoms with Gasteiger partial charge in [0.2, 0.25) is 15.9 Å². The fourth-order valence-corrected chi connectivity index (χ4v) is 5.71. The zero-order valence-corrected chi connectivity index (χ0v) is 18.1. The lowest BCUT2D eigenvalue weighted by atomic mass is 10.2. The predicted octanol–water partition coefficient (Wildman–Crippen LogP) is 3.09. The second-order valence-electron chi connectivity index (χ2n) is 7.97. The van der Waals surface area contributed by atoms with Gasteiger partial charge in [-0.2, -0.15) is 4.31 Å². The van der Waals surface area contributed by atoms with Gasteiger partial charge in [0.15, 0.2) is 5.76 Å². The van der Waals surface area contributed by atoms with Crippen LogP contribution in [0.4, 0.5) is 5.69 Å².